The monoisotopic (exact) mass is 424 g/mol. The topological polar surface area (TPSA) is 92.5 Å². The van der Waals surface area contributed by atoms with Gasteiger partial charge < -0.3 is 10.4 Å². The summed E-state index contributed by atoms with van der Waals surface area (Å²) in [7, 11) is 0. The van der Waals surface area contributed by atoms with Gasteiger partial charge in [-0.25, -0.2) is 0 Å². The maximum absolute atomic E-state index is 12.9. The molecule has 0 saturated carbocycles. The largest absolute Gasteiger partial charge is 0.380 e. The average molecular weight is 424 g/mol. The molecule has 2 N–H and O–H groups in total. The van der Waals surface area contributed by atoms with Crippen molar-refractivity contribution in [2.75, 3.05) is 5.32 Å². The summed E-state index contributed by atoms with van der Waals surface area (Å²) in [5, 5.41) is 25.5. The van der Waals surface area contributed by atoms with Crippen LogP contribution in [0.15, 0.2) is 103 Å². The Hall–Kier alpha value is -4.29. The lowest BCUT2D eigenvalue weighted by atomic mass is 9.97. The zero-order valence-corrected chi connectivity index (χ0v) is 17.0. The van der Waals surface area contributed by atoms with Gasteiger partial charge in [-0.05, 0) is 17.7 Å². The highest BCUT2D eigenvalue weighted by Gasteiger charge is 2.25. The Balaban J connectivity index is 1.76. The number of para-hydroxylation sites is 1. The molecular formula is C26H20N2O4. The molecule has 0 spiro atoms. The average Bonchev–Trinajstić information content (AvgIpc) is 2.84. The molecule has 0 bridgehead atoms. The summed E-state index contributed by atoms with van der Waals surface area (Å²) < 4.78 is 0. The molecule has 1 atom stereocenters. The van der Waals surface area contributed by atoms with Crippen LogP contribution in [0.25, 0.3) is 11.1 Å². The Morgan fingerprint density at radius 2 is 1.44 bits per heavy atom. The Bertz CT molecular complexity index is 1260. The van der Waals surface area contributed by atoms with Gasteiger partial charge in [0, 0.05) is 40.2 Å². The molecule has 158 valence electrons. The molecule has 0 aliphatic heterocycles. The Kier molecular flexibility index (Phi) is 6.05. The molecular weight excluding hydrogens is 404 g/mol. The first-order valence-corrected chi connectivity index (χ1v) is 10.0. The van der Waals surface area contributed by atoms with Crippen LogP contribution >= 0.6 is 0 Å². The lowest BCUT2D eigenvalue weighted by molar-refractivity contribution is -0.384. The zero-order valence-electron chi connectivity index (χ0n) is 17.0. The fourth-order valence-electron chi connectivity index (χ4n) is 3.51. The SMILES string of the molecule is O=C(c1ccccc1)C(O)c1cc([N+](=O)[O-])ccc1Nc1ccccc1-c1ccccc1. The van der Waals surface area contributed by atoms with Crippen molar-refractivity contribution in [3.63, 3.8) is 0 Å². The van der Waals surface area contributed by atoms with Crippen LogP contribution in [0.3, 0.4) is 0 Å². The number of aliphatic hydroxyl groups excluding tert-OH is 1. The van der Waals surface area contributed by atoms with E-state index in [2.05, 4.69) is 5.32 Å². The number of carbonyl (C=O) groups is 1. The van der Waals surface area contributed by atoms with Gasteiger partial charge in [0.15, 0.2) is 5.78 Å². The molecule has 0 radical (unpaired) electrons. The van der Waals surface area contributed by atoms with Crippen LogP contribution in [-0.4, -0.2) is 15.8 Å². The Labute approximate surface area is 184 Å². The van der Waals surface area contributed by atoms with Crippen molar-refractivity contribution in [1.82, 2.24) is 0 Å². The number of anilines is 2. The second-order valence-corrected chi connectivity index (χ2v) is 7.20. The Morgan fingerprint density at radius 1 is 0.812 bits per heavy atom. The van der Waals surface area contributed by atoms with Gasteiger partial charge in [-0.1, -0.05) is 78.9 Å². The summed E-state index contributed by atoms with van der Waals surface area (Å²) in [6.07, 6.45) is -1.57. The summed E-state index contributed by atoms with van der Waals surface area (Å²) in [6.45, 7) is 0. The Morgan fingerprint density at radius 3 is 2.12 bits per heavy atom. The zero-order chi connectivity index (χ0) is 22.5. The maximum Gasteiger partial charge on any atom is 0.269 e. The van der Waals surface area contributed by atoms with Gasteiger partial charge in [-0.3, -0.25) is 14.9 Å². The number of rotatable bonds is 7. The molecule has 32 heavy (non-hydrogen) atoms. The molecule has 0 amide bonds. The van der Waals surface area contributed by atoms with Crippen molar-refractivity contribution < 1.29 is 14.8 Å². The number of hydrogen-bond donors (Lipinski definition) is 2. The number of non-ortho nitro benzene ring substituents is 1. The van der Waals surface area contributed by atoms with Crippen LogP contribution in [-0.2, 0) is 0 Å². The number of aliphatic hydroxyl groups is 1. The van der Waals surface area contributed by atoms with Crippen LogP contribution in [0.2, 0.25) is 0 Å². The van der Waals surface area contributed by atoms with Gasteiger partial charge >= 0.3 is 0 Å². The van der Waals surface area contributed by atoms with Crippen LogP contribution in [0.5, 0.6) is 0 Å². The predicted octanol–water partition coefficient (Wildman–Crippen LogP) is 5.92. The first kappa shape index (κ1) is 21.0. The molecule has 0 heterocycles. The number of nitro benzene ring substituents is 1. The van der Waals surface area contributed by atoms with Gasteiger partial charge in [-0.2, -0.15) is 0 Å². The fraction of sp³-hybridized carbons (Fsp3) is 0.0385. The second-order valence-electron chi connectivity index (χ2n) is 7.20. The van der Waals surface area contributed by atoms with Crippen molar-refractivity contribution >= 4 is 22.8 Å². The van der Waals surface area contributed by atoms with E-state index >= 15 is 0 Å². The highest BCUT2D eigenvalue weighted by atomic mass is 16.6. The molecule has 4 rings (SSSR count). The molecule has 0 aromatic heterocycles. The molecule has 6 nitrogen and oxygen atoms in total. The number of ketones is 1. The number of hydrogen-bond acceptors (Lipinski definition) is 5. The third kappa shape index (κ3) is 4.40. The molecule has 1 unspecified atom stereocenters. The molecule has 0 saturated heterocycles. The first-order valence-electron chi connectivity index (χ1n) is 10.0. The summed E-state index contributed by atoms with van der Waals surface area (Å²) in [6, 6.07) is 29.8. The van der Waals surface area contributed by atoms with E-state index in [1.54, 1.807) is 30.3 Å². The second kappa shape index (κ2) is 9.24. The summed E-state index contributed by atoms with van der Waals surface area (Å²) in [5.41, 5.74) is 3.31. The normalized spacial score (nSPS) is 11.5. The van der Waals surface area contributed by atoms with E-state index in [0.717, 1.165) is 16.8 Å². The molecule has 0 fully saturated rings. The number of benzene rings is 4. The highest BCUT2D eigenvalue weighted by molar-refractivity contribution is 6.01. The third-order valence-corrected chi connectivity index (χ3v) is 5.13. The fourth-order valence-corrected chi connectivity index (χ4v) is 3.51. The first-order chi connectivity index (χ1) is 15.5. The van der Waals surface area contributed by atoms with Gasteiger partial charge in [0.25, 0.3) is 5.69 Å². The number of nitrogens with one attached hydrogen (secondary N) is 1. The van der Waals surface area contributed by atoms with E-state index in [9.17, 15) is 20.0 Å². The van der Waals surface area contributed by atoms with E-state index < -0.39 is 16.8 Å². The van der Waals surface area contributed by atoms with Crippen LogP contribution in [0.4, 0.5) is 17.1 Å². The van der Waals surface area contributed by atoms with Gasteiger partial charge in [-0.15, -0.1) is 0 Å². The summed E-state index contributed by atoms with van der Waals surface area (Å²) in [4.78, 5) is 23.7. The quantitative estimate of drug-likeness (QED) is 0.218. The van der Waals surface area contributed by atoms with Crippen molar-refractivity contribution in [3.05, 3.63) is 124 Å². The smallest absolute Gasteiger partial charge is 0.269 e. The predicted molar refractivity (Wildman–Crippen MR) is 124 cm³/mol. The number of nitro groups is 1. The van der Waals surface area contributed by atoms with E-state index in [-0.39, 0.29) is 11.3 Å². The standard InChI is InChI=1S/C26H20N2O4/c29-25(19-11-5-2-6-12-19)26(30)22-17-20(28(31)32)15-16-24(22)27-23-14-8-7-13-21(23)18-9-3-1-4-10-18/h1-17,26-27,30H. The lowest BCUT2D eigenvalue weighted by Crippen LogP contribution is -2.14. The summed E-state index contributed by atoms with van der Waals surface area (Å²) >= 11 is 0. The van der Waals surface area contributed by atoms with E-state index in [1.165, 1.54) is 18.2 Å². The molecule has 0 aliphatic rings. The van der Waals surface area contributed by atoms with Crippen LogP contribution < -0.4 is 5.32 Å². The molecule has 4 aromatic rings. The van der Waals surface area contributed by atoms with Crippen molar-refractivity contribution in [1.29, 1.82) is 0 Å². The van der Waals surface area contributed by atoms with Gasteiger partial charge in [0.2, 0.25) is 0 Å². The van der Waals surface area contributed by atoms with Crippen molar-refractivity contribution in [2.24, 2.45) is 0 Å². The van der Waals surface area contributed by atoms with E-state index in [1.807, 2.05) is 54.6 Å². The maximum atomic E-state index is 12.9. The highest BCUT2D eigenvalue weighted by Crippen LogP contribution is 2.35. The molecule has 4 aromatic carbocycles. The summed E-state index contributed by atoms with van der Waals surface area (Å²) in [5.74, 6) is -0.537. The van der Waals surface area contributed by atoms with E-state index in [4.69, 9.17) is 0 Å². The third-order valence-electron chi connectivity index (χ3n) is 5.13. The van der Waals surface area contributed by atoms with E-state index in [0.29, 0.717) is 11.3 Å². The van der Waals surface area contributed by atoms with Crippen LogP contribution in [0.1, 0.15) is 22.0 Å². The minimum atomic E-state index is -1.57. The van der Waals surface area contributed by atoms with Crippen molar-refractivity contribution in [2.45, 2.75) is 6.10 Å². The van der Waals surface area contributed by atoms with Crippen molar-refractivity contribution in [3.8, 4) is 11.1 Å². The molecule has 0 aliphatic carbocycles. The van der Waals surface area contributed by atoms with Crippen LogP contribution in [0, 0.1) is 10.1 Å². The molecule has 6 heteroatoms. The van der Waals surface area contributed by atoms with Gasteiger partial charge in [0.05, 0.1) is 4.92 Å². The number of nitrogens with zero attached hydrogens (tertiary/aromatic N) is 1. The van der Waals surface area contributed by atoms with Gasteiger partial charge in [0.1, 0.15) is 6.10 Å². The lowest BCUT2D eigenvalue weighted by Gasteiger charge is -2.18. The number of Topliss-reactive ketones (excluding diaryl/α,β-unsaturated/α-hetero) is 1. The minimum absolute atomic E-state index is 0.135. The number of carbonyl (C=O) groups excluding carboxylic acids is 1. The minimum Gasteiger partial charge on any atom is -0.380 e.